The highest BCUT2D eigenvalue weighted by Crippen LogP contribution is 2.38. The first kappa shape index (κ1) is 15.9. The van der Waals surface area contributed by atoms with Gasteiger partial charge in [-0.2, -0.15) is 18.2 Å². The minimum absolute atomic E-state index is 0.0208. The van der Waals surface area contributed by atoms with Gasteiger partial charge < -0.3 is 14.3 Å². The van der Waals surface area contributed by atoms with Crippen molar-refractivity contribution in [1.82, 2.24) is 4.98 Å². The molecule has 0 radical (unpaired) electrons. The molecule has 0 spiro atoms. The van der Waals surface area contributed by atoms with Gasteiger partial charge in [-0.25, -0.2) is 4.79 Å². The number of aromatic nitrogens is 1. The fourth-order valence-electron chi connectivity index (χ4n) is 1.93. The molecule has 118 valence electrons. The van der Waals surface area contributed by atoms with Gasteiger partial charge in [0.1, 0.15) is 12.0 Å². The summed E-state index contributed by atoms with van der Waals surface area (Å²) in [5, 5.41) is 8.73. The number of carbonyl (C=O) groups is 1. The van der Waals surface area contributed by atoms with Gasteiger partial charge in [0.2, 0.25) is 0 Å². The molecule has 0 aliphatic carbocycles. The van der Waals surface area contributed by atoms with Crippen molar-refractivity contribution in [3.05, 3.63) is 41.3 Å². The third kappa shape index (κ3) is 3.38. The summed E-state index contributed by atoms with van der Waals surface area (Å²) in [5.74, 6) is -1.38. The van der Waals surface area contributed by atoms with Crippen LogP contribution in [0.25, 0.3) is 0 Å². The average molecular weight is 315 g/mol. The van der Waals surface area contributed by atoms with E-state index in [-0.39, 0.29) is 23.4 Å². The lowest BCUT2D eigenvalue weighted by Gasteiger charge is -2.15. The van der Waals surface area contributed by atoms with Crippen molar-refractivity contribution in [3.63, 3.8) is 0 Å². The Morgan fingerprint density at radius 3 is 2.68 bits per heavy atom. The number of hydrogen-bond acceptors (Lipinski definition) is 4. The Kier molecular flexibility index (Phi) is 4.39. The summed E-state index contributed by atoms with van der Waals surface area (Å²) in [6.07, 6.45) is -3.45. The molecule has 5 nitrogen and oxygen atoms in total. The van der Waals surface area contributed by atoms with E-state index in [0.717, 1.165) is 12.3 Å². The fourth-order valence-corrected chi connectivity index (χ4v) is 1.93. The summed E-state index contributed by atoms with van der Waals surface area (Å²) in [5.41, 5.74) is -1.21. The molecule has 1 heterocycles. The number of rotatable bonds is 5. The molecule has 1 N–H and O–H groups in total. The van der Waals surface area contributed by atoms with Crippen LogP contribution in [0, 0.1) is 0 Å². The van der Waals surface area contributed by atoms with Gasteiger partial charge in [0.05, 0.1) is 5.56 Å². The molecular formula is C14H12F3NO4. The average Bonchev–Trinajstić information content (AvgIpc) is 2.88. The molecule has 0 aliphatic heterocycles. The highest BCUT2D eigenvalue weighted by molar-refractivity contribution is 5.84. The van der Waals surface area contributed by atoms with E-state index in [9.17, 15) is 18.0 Å². The predicted molar refractivity (Wildman–Crippen MR) is 69.0 cm³/mol. The molecule has 1 aromatic carbocycles. The summed E-state index contributed by atoms with van der Waals surface area (Å²) in [6, 6.07) is 3.53. The number of carboxylic acid groups (broad SMARTS) is 1. The van der Waals surface area contributed by atoms with Gasteiger partial charge >= 0.3 is 18.2 Å². The van der Waals surface area contributed by atoms with Crippen LogP contribution in [0.4, 0.5) is 13.2 Å². The van der Waals surface area contributed by atoms with Gasteiger partial charge in [0.25, 0.3) is 0 Å². The van der Waals surface area contributed by atoms with Gasteiger partial charge in [0.15, 0.2) is 5.69 Å². The molecule has 0 saturated carbocycles. The summed E-state index contributed by atoms with van der Waals surface area (Å²) >= 11 is 0. The van der Waals surface area contributed by atoms with Crippen molar-refractivity contribution in [1.29, 1.82) is 0 Å². The van der Waals surface area contributed by atoms with Gasteiger partial charge in [-0.1, -0.05) is 19.4 Å². The first-order chi connectivity index (χ1) is 10.3. The molecule has 0 amide bonds. The number of benzene rings is 1. The lowest BCUT2D eigenvalue weighted by Crippen LogP contribution is -2.10. The van der Waals surface area contributed by atoms with Crippen molar-refractivity contribution >= 4 is 5.97 Å². The summed E-state index contributed by atoms with van der Waals surface area (Å²) in [7, 11) is 0. The number of oxazole rings is 1. The number of halogens is 3. The second-order valence-corrected chi connectivity index (χ2v) is 4.44. The zero-order chi connectivity index (χ0) is 16.3. The van der Waals surface area contributed by atoms with E-state index < -0.39 is 23.8 Å². The van der Waals surface area contributed by atoms with Crippen LogP contribution in [-0.2, 0) is 12.6 Å². The molecule has 2 aromatic rings. The molecule has 0 atom stereocenters. The van der Waals surface area contributed by atoms with Crippen LogP contribution < -0.4 is 4.74 Å². The topological polar surface area (TPSA) is 72.6 Å². The van der Waals surface area contributed by atoms with Crippen LogP contribution in [0.15, 0.2) is 28.9 Å². The van der Waals surface area contributed by atoms with Crippen molar-refractivity contribution in [3.8, 4) is 11.8 Å². The molecular weight excluding hydrogens is 303 g/mol. The molecule has 0 saturated heterocycles. The number of nitrogens with zero attached hydrogens (tertiary/aromatic N) is 1. The van der Waals surface area contributed by atoms with E-state index in [4.69, 9.17) is 14.3 Å². The van der Waals surface area contributed by atoms with Gasteiger partial charge in [-0.05, 0) is 18.6 Å². The quantitative estimate of drug-likeness (QED) is 0.898. The molecule has 0 unspecified atom stereocenters. The first-order valence-electron chi connectivity index (χ1n) is 6.38. The van der Waals surface area contributed by atoms with Crippen molar-refractivity contribution in [2.75, 3.05) is 0 Å². The van der Waals surface area contributed by atoms with Crippen LogP contribution in [0.2, 0.25) is 0 Å². The maximum Gasteiger partial charge on any atom is 0.416 e. The highest BCUT2D eigenvalue weighted by Gasteiger charge is 2.34. The number of carboxylic acids is 1. The van der Waals surface area contributed by atoms with Gasteiger partial charge in [-0.3, -0.25) is 0 Å². The zero-order valence-electron chi connectivity index (χ0n) is 11.5. The van der Waals surface area contributed by atoms with Crippen molar-refractivity contribution in [2.45, 2.75) is 25.9 Å². The maximum atomic E-state index is 13.0. The molecule has 0 bridgehead atoms. The minimum atomic E-state index is -4.51. The smallest absolute Gasteiger partial charge is 0.416 e. The monoisotopic (exact) mass is 315 g/mol. The third-order valence-electron chi connectivity index (χ3n) is 2.84. The second-order valence-electron chi connectivity index (χ2n) is 4.44. The molecule has 0 aliphatic rings. The number of hydrogen-bond donors (Lipinski definition) is 1. The van der Waals surface area contributed by atoms with Gasteiger partial charge in [0, 0.05) is 5.56 Å². The fraction of sp³-hybridized carbons (Fsp3) is 0.286. The van der Waals surface area contributed by atoms with E-state index in [2.05, 4.69) is 4.98 Å². The summed E-state index contributed by atoms with van der Waals surface area (Å²) in [6.45, 7) is 1.74. The first-order valence-corrected chi connectivity index (χ1v) is 6.38. The zero-order valence-corrected chi connectivity index (χ0v) is 11.5. The molecule has 0 fully saturated rings. The third-order valence-corrected chi connectivity index (χ3v) is 2.84. The molecule has 8 heteroatoms. The molecule has 1 aromatic heterocycles. The Balaban J connectivity index is 2.39. The van der Waals surface area contributed by atoms with Crippen LogP contribution >= 0.6 is 0 Å². The van der Waals surface area contributed by atoms with E-state index in [0.29, 0.717) is 6.42 Å². The van der Waals surface area contributed by atoms with E-state index in [1.807, 2.05) is 0 Å². The summed E-state index contributed by atoms with van der Waals surface area (Å²) in [4.78, 5) is 14.2. The SMILES string of the molecule is CCCc1c(Oc2nc(C(=O)O)co2)cccc1C(F)(F)F. The van der Waals surface area contributed by atoms with E-state index in [1.165, 1.54) is 12.1 Å². The minimum Gasteiger partial charge on any atom is -0.476 e. The lowest BCUT2D eigenvalue weighted by molar-refractivity contribution is -0.138. The van der Waals surface area contributed by atoms with Crippen LogP contribution in [0.5, 0.6) is 11.8 Å². The standard InChI is InChI=1S/C14H12F3NO4/c1-2-4-8-9(14(15,16)17)5-3-6-11(8)22-13-18-10(7-21-13)12(19)20/h3,5-7H,2,4H2,1H3,(H,19,20). The Morgan fingerprint density at radius 2 is 2.14 bits per heavy atom. The summed E-state index contributed by atoms with van der Waals surface area (Å²) < 4.78 is 49.1. The highest BCUT2D eigenvalue weighted by atomic mass is 19.4. The molecule has 2 rings (SSSR count). The Bertz CT molecular complexity index is 679. The predicted octanol–water partition coefficient (Wildman–Crippen LogP) is 4.14. The number of ether oxygens (including phenoxy) is 1. The Labute approximate surface area is 123 Å². The second kappa shape index (κ2) is 6.08. The largest absolute Gasteiger partial charge is 0.476 e. The van der Waals surface area contributed by atoms with Crippen molar-refractivity contribution < 1.29 is 32.2 Å². The maximum absolute atomic E-state index is 13.0. The number of aromatic carboxylic acids is 1. The van der Waals surface area contributed by atoms with Crippen molar-refractivity contribution in [2.24, 2.45) is 0 Å². The Hall–Kier alpha value is -2.51. The Morgan fingerprint density at radius 1 is 1.41 bits per heavy atom. The van der Waals surface area contributed by atoms with Gasteiger partial charge in [-0.15, -0.1) is 0 Å². The normalized spacial score (nSPS) is 11.5. The van der Waals surface area contributed by atoms with Crippen LogP contribution in [0.3, 0.4) is 0 Å². The van der Waals surface area contributed by atoms with Crippen LogP contribution in [-0.4, -0.2) is 16.1 Å². The van der Waals surface area contributed by atoms with Crippen LogP contribution in [0.1, 0.15) is 35.0 Å². The van der Waals surface area contributed by atoms with E-state index >= 15 is 0 Å². The number of alkyl halides is 3. The molecule has 22 heavy (non-hydrogen) atoms. The van der Waals surface area contributed by atoms with E-state index in [1.54, 1.807) is 6.92 Å². The lowest BCUT2D eigenvalue weighted by atomic mass is 10.0.